The van der Waals surface area contributed by atoms with Gasteiger partial charge in [0.15, 0.2) is 0 Å². The van der Waals surface area contributed by atoms with Gasteiger partial charge in [-0.3, -0.25) is 0 Å². The number of nitrogens with one attached hydrogen (secondary N) is 1. The Morgan fingerprint density at radius 2 is 1.00 bits per heavy atom. The molecule has 0 aliphatic heterocycles. The van der Waals surface area contributed by atoms with Gasteiger partial charge >= 0.3 is 0 Å². The first-order valence-corrected chi connectivity index (χ1v) is 20.3. The van der Waals surface area contributed by atoms with Crippen LogP contribution in [0.25, 0.3) is 10.8 Å². The lowest BCUT2D eigenvalue weighted by Gasteiger charge is -2.31. The van der Waals surface area contributed by atoms with Gasteiger partial charge in [-0.05, 0) is 108 Å². The SMILES string of the molecule is CCCCN(c1ccccc1)c1ccc(C(c2ccc(N(CCCC)c3ccccc3)cc2)c2ccc(NC3CCCCC3C)c3ccccc23)cc1. The van der Waals surface area contributed by atoms with Crippen LogP contribution in [0.5, 0.6) is 0 Å². The van der Waals surface area contributed by atoms with Crippen LogP contribution in [-0.4, -0.2) is 19.1 Å². The normalized spacial score (nSPS) is 15.8. The van der Waals surface area contributed by atoms with E-state index >= 15 is 0 Å². The molecule has 0 spiro atoms. The Kier molecular flexibility index (Phi) is 12.1. The van der Waals surface area contributed by atoms with Crippen molar-refractivity contribution in [2.75, 3.05) is 28.2 Å². The maximum atomic E-state index is 4.01. The Labute approximate surface area is 318 Å². The Balaban J connectivity index is 1.30. The van der Waals surface area contributed by atoms with E-state index in [4.69, 9.17) is 0 Å². The zero-order valence-electron chi connectivity index (χ0n) is 32.1. The summed E-state index contributed by atoms with van der Waals surface area (Å²) in [7, 11) is 0. The summed E-state index contributed by atoms with van der Waals surface area (Å²) in [5.41, 5.74) is 10.2. The lowest BCUT2D eigenvalue weighted by Crippen LogP contribution is -2.30. The molecule has 6 aromatic rings. The first-order valence-electron chi connectivity index (χ1n) is 20.3. The molecule has 1 saturated carbocycles. The molecule has 1 aliphatic carbocycles. The summed E-state index contributed by atoms with van der Waals surface area (Å²) in [6.45, 7) is 8.95. The van der Waals surface area contributed by atoms with Crippen molar-refractivity contribution in [1.29, 1.82) is 0 Å². The standard InChI is InChI=1S/C50H57N3/c1-4-6-36-52(41-19-10-8-11-20-41)43-30-26-39(27-31-43)50(40-28-32-44(33-29-40)53(37-7-5-2)42-21-12-9-13-22-42)47-34-35-49(46-24-16-15-23-45(46)47)51-48-25-17-14-18-38(48)3/h8-13,15-16,19-24,26-35,38,48,50-51H,4-7,14,17-18,25,36-37H2,1-3H3. The number of benzene rings is 6. The molecule has 0 heterocycles. The summed E-state index contributed by atoms with van der Waals surface area (Å²) >= 11 is 0. The van der Waals surface area contributed by atoms with Crippen molar-refractivity contribution < 1.29 is 0 Å². The van der Waals surface area contributed by atoms with Crippen molar-refractivity contribution in [2.45, 2.75) is 84.1 Å². The Morgan fingerprint density at radius 3 is 1.51 bits per heavy atom. The molecule has 6 aromatic carbocycles. The van der Waals surface area contributed by atoms with Gasteiger partial charge in [0.2, 0.25) is 0 Å². The largest absolute Gasteiger partial charge is 0.382 e. The van der Waals surface area contributed by atoms with E-state index in [1.807, 2.05) is 0 Å². The van der Waals surface area contributed by atoms with Crippen molar-refractivity contribution in [3.8, 4) is 0 Å². The summed E-state index contributed by atoms with van der Waals surface area (Å²) in [5, 5.41) is 6.64. The number of unbranched alkanes of at least 4 members (excludes halogenated alkanes) is 2. The minimum atomic E-state index is 0.0762. The van der Waals surface area contributed by atoms with Crippen LogP contribution in [-0.2, 0) is 0 Å². The van der Waals surface area contributed by atoms with E-state index in [1.54, 1.807) is 0 Å². The molecule has 0 radical (unpaired) electrons. The van der Waals surface area contributed by atoms with Crippen LogP contribution in [0.3, 0.4) is 0 Å². The van der Waals surface area contributed by atoms with E-state index in [0.29, 0.717) is 12.0 Å². The van der Waals surface area contributed by atoms with E-state index in [1.165, 1.54) is 81.6 Å². The Hall–Kier alpha value is -5.02. The average Bonchev–Trinajstić information content (AvgIpc) is 3.21. The average molecular weight is 700 g/mol. The Bertz CT molecular complexity index is 1910. The summed E-state index contributed by atoms with van der Waals surface area (Å²) in [4.78, 5) is 4.93. The zero-order chi connectivity index (χ0) is 36.4. The van der Waals surface area contributed by atoms with Gasteiger partial charge in [0.1, 0.15) is 0 Å². The Morgan fingerprint density at radius 1 is 0.528 bits per heavy atom. The topological polar surface area (TPSA) is 18.5 Å². The van der Waals surface area contributed by atoms with Crippen LogP contribution in [0.15, 0.2) is 146 Å². The lowest BCUT2D eigenvalue weighted by molar-refractivity contribution is 0.350. The van der Waals surface area contributed by atoms with Crippen molar-refractivity contribution in [2.24, 2.45) is 5.92 Å². The second kappa shape index (κ2) is 17.7. The monoisotopic (exact) mass is 699 g/mol. The van der Waals surface area contributed by atoms with Gasteiger partial charge in [0, 0.05) is 58.9 Å². The van der Waals surface area contributed by atoms with E-state index in [-0.39, 0.29) is 5.92 Å². The van der Waals surface area contributed by atoms with Gasteiger partial charge in [-0.25, -0.2) is 0 Å². The van der Waals surface area contributed by atoms with Crippen LogP contribution in [0, 0.1) is 5.92 Å². The summed E-state index contributed by atoms with van der Waals surface area (Å²) < 4.78 is 0. The smallest absolute Gasteiger partial charge is 0.0422 e. The molecule has 0 aromatic heterocycles. The third-order valence-corrected chi connectivity index (χ3v) is 11.4. The molecule has 1 fully saturated rings. The molecule has 1 N–H and O–H groups in total. The number of hydrogen-bond acceptors (Lipinski definition) is 3. The highest BCUT2D eigenvalue weighted by atomic mass is 15.1. The minimum Gasteiger partial charge on any atom is -0.382 e. The van der Waals surface area contributed by atoms with E-state index in [9.17, 15) is 0 Å². The van der Waals surface area contributed by atoms with Gasteiger partial charge in [-0.2, -0.15) is 0 Å². The minimum absolute atomic E-state index is 0.0762. The van der Waals surface area contributed by atoms with Crippen LogP contribution in [0.4, 0.5) is 28.4 Å². The molecule has 0 saturated heterocycles. The molecule has 2 unspecified atom stereocenters. The summed E-state index contributed by atoms with van der Waals surface area (Å²) in [6, 6.07) is 54.8. The molecule has 3 nitrogen and oxygen atoms in total. The maximum absolute atomic E-state index is 4.01. The van der Waals surface area contributed by atoms with Crippen molar-refractivity contribution >= 4 is 39.2 Å². The van der Waals surface area contributed by atoms with Gasteiger partial charge < -0.3 is 15.1 Å². The molecule has 0 amide bonds. The highest BCUT2D eigenvalue weighted by molar-refractivity contribution is 5.97. The van der Waals surface area contributed by atoms with Crippen molar-refractivity contribution in [3.05, 3.63) is 162 Å². The number of fused-ring (bicyclic) bond motifs is 1. The molecular formula is C50H57N3. The molecule has 53 heavy (non-hydrogen) atoms. The second-order valence-electron chi connectivity index (χ2n) is 15.1. The van der Waals surface area contributed by atoms with Crippen LogP contribution < -0.4 is 15.1 Å². The van der Waals surface area contributed by atoms with Gasteiger partial charge in [-0.15, -0.1) is 0 Å². The quantitative estimate of drug-likeness (QED) is 0.108. The van der Waals surface area contributed by atoms with E-state index < -0.39 is 0 Å². The highest BCUT2D eigenvalue weighted by Gasteiger charge is 2.24. The number of anilines is 5. The number of hydrogen-bond donors (Lipinski definition) is 1. The number of nitrogens with zero attached hydrogens (tertiary/aromatic N) is 2. The molecule has 2 atom stereocenters. The van der Waals surface area contributed by atoms with Gasteiger partial charge in [0.05, 0.1) is 0 Å². The van der Waals surface area contributed by atoms with Gasteiger partial charge in [-0.1, -0.05) is 137 Å². The summed E-state index contributed by atoms with van der Waals surface area (Å²) in [5.74, 6) is 0.764. The first-order chi connectivity index (χ1) is 26.1. The molecular weight excluding hydrogens is 643 g/mol. The fourth-order valence-corrected chi connectivity index (χ4v) is 8.34. The second-order valence-corrected chi connectivity index (χ2v) is 15.1. The van der Waals surface area contributed by atoms with Crippen LogP contribution >= 0.6 is 0 Å². The predicted octanol–water partition coefficient (Wildman–Crippen LogP) is 13.9. The lowest BCUT2D eigenvalue weighted by atomic mass is 9.82. The molecule has 1 aliphatic rings. The van der Waals surface area contributed by atoms with Crippen LogP contribution in [0.2, 0.25) is 0 Å². The number of rotatable bonds is 15. The van der Waals surface area contributed by atoms with E-state index in [2.05, 4.69) is 181 Å². The summed E-state index contributed by atoms with van der Waals surface area (Å²) in [6.07, 6.45) is 9.84. The van der Waals surface area contributed by atoms with Crippen LogP contribution in [0.1, 0.15) is 94.7 Å². The fraction of sp³-hybridized carbons (Fsp3) is 0.320. The van der Waals surface area contributed by atoms with Crippen molar-refractivity contribution in [3.63, 3.8) is 0 Å². The number of para-hydroxylation sites is 2. The predicted molar refractivity (Wildman–Crippen MR) is 230 cm³/mol. The van der Waals surface area contributed by atoms with E-state index in [0.717, 1.165) is 38.8 Å². The highest BCUT2D eigenvalue weighted by Crippen LogP contribution is 2.41. The molecule has 3 heteroatoms. The van der Waals surface area contributed by atoms with Gasteiger partial charge in [0.25, 0.3) is 0 Å². The molecule has 0 bridgehead atoms. The maximum Gasteiger partial charge on any atom is 0.0422 e. The third kappa shape index (κ3) is 8.46. The molecule has 272 valence electrons. The molecule has 7 rings (SSSR count). The van der Waals surface area contributed by atoms with Crippen molar-refractivity contribution in [1.82, 2.24) is 0 Å². The fourth-order valence-electron chi connectivity index (χ4n) is 8.34. The first kappa shape index (κ1) is 36.3. The third-order valence-electron chi connectivity index (χ3n) is 11.4. The zero-order valence-corrected chi connectivity index (χ0v) is 32.1.